The average Bonchev–Trinajstić information content (AvgIpc) is 3.06. The molecule has 5 nitrogen and oxygen atoms in total. The number of fused-ring (bicyclic) bond motifs is 3. The number of methoxy groups -OCH3 is 1. The highest BCUT2D eigenvalue weighted by Crippen LogP contribution is 2.40. The number of nitrogens with one attached hydrogen (secondary N) is 1. The van der Waals surface area contributed by atoms with Gasteiger partial charge in [-0.1, -0.05) is 41.1 Å². The van der Waals surface area contributed by atoms with Crippen LogP contribution in [0.2, 0.25) is 0 Å². The van der Waals surface area contributed by atoms with Crippen LogP contribution in [0.5, 0.6) is 5.75 Å². The third kappa shape index (κ3) is 2.98. The number of halogens is 1. The molecule has 3 aromatic rings. The van der Waals surface area contributed by atoms with Gasteiger partial charge in [0.05, 0.1) is 13.2 Å². The summed E-state index contributed by atoms with van der Waals surface area (Å²) in [6, 6.07) is 13.0. The summed E-state index contributed by atoms with van der Waals surface area (Å²) in [5.74, 6) is 0.357. The topological polar surface area (TPSA) is 62.4 Å². The Labute approximate surface area is 167 Å². The zero-order valence-electron chi connectivity index (χ0n) is 15.2. The van der Waals surface area contributed by atoms with Crippen LogP contribution in [-0.4, -0.2) is 31.4 Å². The molecule has 7 heteroatoms. The van der Waals surface area contributed by atoms with Crippen LogP contribution in [0.3, 0.4) is 0 Å². The summed E-state index contributed by atoms with van der Waals surface area (Å²) >= 11 is 3.38. The first-order chi connectivity index (χ1) is 13.0. The van der Waals surface area contributed by atoms with Crippen molar-refractivity contribution in [2.75, 3.05) is 13.7 Å². The number of para-hydroxylation sites is 1. The van der Waals surface area contributed by atoms with E-state index < -0.39 is 10.0 Å². The number of ether oxygens (including phenoxy) is 1. The van der Waals surface area contributed by atoms with Gasteiger partial charge < -0.3 is 9.72 Å². The molecule has 1 atom stereocenters. The summed E-state index contributed by atoms with van der Waals surface area (Å²) in [5.41, 5.74) is 3.29. The Kier molecular flexibility index (Phi) is 4.78. The van der Waals surface area contributed by atoms with Crippen LogP contribution < -0.4 is 4.74 Å². The molecule has 27 heavy (non-hydrogen) atoms. The first-order valence-corrected chi connectivity index (χ1v) is 11.2. The fraction of sp³-hybridized carbons (Fsp3) is 0.300. The fourth-order valence-corrected chi connectivity index (χ4v) is 6.34. The number of sulfonamides is 1. The van der Waals surface area contributed by atoms with E-state index >= 15 is 0 Å². The third-order valence-electron chi connectivity index (χ3n) is 5.21. The zero-order chi connectivity index (χ0) is 19.2. The van der Waals surface area contributed by atoms with Gasteiger partial charge in [0.1, 0.15) is 10.6 Å². The molecule has 1 aromatic heterocycles. The maximum absolute atomic E-state index is 13.5. The molecule has 4 rings (SSSR count). The summed E-state index contributed by atoms with van der Waals surface area (Å²) in [4.78, 5) is 3.66. The minimum absolute atomic E-state index is 0.192. The van der Waals surface area contributed by atoms with Crippen molar-refractivity contribution >= 4 is 36.9 Å². The Balaban J connectivity index is 1.84. The lowest BCUT2D eigenvalue weighted by molar-refractivity contribution is 0.295. The average molecular weight is 449 g/mol. The number of aromatic amines is 1. The van der Waals surface area contributed by atoms with Crippen LogP contribution in [0.15, 0.2) is 51.8 Å². The summed E-state index contributed by atoms with van der Waals surface area (Å²) in [5, 5.41) is 1.18. The molecule has 0 aliphatic carbocycles. The lowest BCUT2D eigenvalue weighted by Crippen LogP contribution is -2.40. The first-order valence-electron chi connectivity index (χ1n) is 8.92. The molecule has 0 radical (unpaired) electrons. The Morgan fingerprint density at radius 1 is 1.26 bits per heavy atom. The second kappa shape index (κ2) is 6.96. The van der Waals surface area contributed by atoms with Crippen LogP contribution in [0, 0.1) is 0 Å². The highest BCUT2D eigenvalue weighted by Gasteiger charge is 2.38. The molecule has 0 bridgehead atoms. The van der Waals surface area contributed by atoms with Gasteiger partial charge in [0.25, 0.3) is 0 Å². The van der Waals surface area contributed by atoms with Gasteiger partial charge in [-0.3, -0.25) is 0 Å². The van der Waals surface area contributed by atoms with Gasteiger partial charge in [0.2, 0.25) is 10.0 Å². The second-order valence-corrected chi connectivity index (χ2v) is 9.42. The normalized spacial score (nSPS) is 17.8. The van der Waals surface area contributed by atoms with Crippen molar-refractivity contribution in [2.45, 2.75) is 30.7 Å². The second-order valence-electron chi connectivity index (χ2n) is 6.65. The standard InChI is InChI=1S/C20H21BrN2O3S/c1-3-17-20-15(14-6-4-5-7-16(14)22-20)10-11-23(17)27(24,25)19-12-13(21)8-9-18(19)26-2/h4-9,12,17,22H,3,10-11H2,1-2H3. The van der Waals surface area contributed by atoms with E-state index in [0.717, 1.165) is 11.2 Å². The van der Waals surface area contributed by atoms with E-state index in [9.17, 15) is 8.42 Å². The number of benzene rings is 2. The van der Waals surface area contributed by atoms with Crippen LogP contribution in [0.4, 0.5) is 0 Å². The Bertz CT molecular complexity index is 1110. The van der Waals surface area contributed by atoms with E-state index in [2.05, 4.69) is 27.0 Å². The van der Waals surface area contributed by atoms with E-state index in [4.69, 9.17) is 4.74 Å². The van der Waals surface area contributed by atoms with E-state index in [1.165, 1.54) is 18.1 Å². The van der Waals surface area contributed by atoms with Gasteiger partial charge in [-0.2, -0.15) is 4.31 Å². The molecule has 0 saturated carbocycles. The summed E-state index contributed by atoms with van der Waals surface area (Å²) in [6.07, 6.45) is 1.38. The summed E-state index contributed by atoms with van der Waals surface area (Å²) in [7, 11) is -2.22. The Morgan fingerprint density at radius 2 is 2.04 bits per heavy atom. The van der Waals surface area contributed by atoms with E-state index in [-0.39, 0.29) is 10.9 Å². The first kappa shape index (κ1) is 18.5. The van der Waals surface area contributed by atoms with Crippen molar-refractivity contribution in [3.05, 3.63) is 58.2 Å². The van der Waals surface area contributed by atoms with Crippen molar-refractivity contribution in [3.63, 3.8) is 0 Å². The lowest BCUT2D eigenvalue weighted by Gasteiger charge is -2.34. The largest absolute Gasteiger partial charge is 0.495 e. The van der Waals surface area contributed by atoms with Crippen LogP contribution in [0.1, 0.15) is 30.6 Å². The number of nitrogens with zero attached hydrogens (tertiary/aromatic N) is 1. The number of hydrogen-bond acceptors (Lipinski definition) is 3. The minimum atomic E-state index is -3.71. The van der Waals surface area contributed by atoms with E-state index in [0.29, 0.717) is 29.6 Å². The molecule has 2 aromatic carbocycles. The molecular formula is C20H21BrN2O3S. The number of aromatic nitrogens is 1. The van der Waals surface area contributed by atoms with Crippen molar-refractivity contribution in [3.8, 4) is 5.75 Å². The van der Waals surface area contributed by atoms with Crippen LogP contribution >= 0.6 is 15.9 Å². The molecule has 1 N–H and O–H groups in total. The maximum Gasteiger partial charge on any atom is 0.247 e. The lowest BCUT2D eigenvalue weighted by atomic mass is 9.98. The molecule has 1 aliphatic heterocycles. The van der Waals surface area contributed by atoms with Gasteiger partial charge in [-0.25, -0.2) is 8.42 Å². The molecule has 0 spiro atoms. The van der Waals surface area contributed by atoms with Crippen molar-refractivity contribution in [2.24, 2.45) is 0 Å². The van der Waals surface area contributed by atoms with Gasteiger partial charge in [-0.05, 0) is 42.7 Å². The predicted molar refractivity (Wildman–Crippen MR) is 110 cm³/mol. The number of hydrogen-bond donors (Lipinski definition) is 1. The zero-order valence-corrected chi connectivity index (χ0v) is 17.6. The van der Waals surface area contributed by atoms with Gasteiger partial charge in [0.15, 0.2) is 0 Å². The number of H-pyrrole nitrogens is 1. The van der Waals surface area contributed by atoms with Gasteiger partial charge in [-0.15, -0.1) is 0 Å². The monoisotopic (exact) mass is 448 g/mol. The Hall–Kier alpha value is -1.83. The van der Waals surface area contributed by atoms with Crippen LogP contribution in [-0.2, 0) is 16.4 Å². The van der Waals surface area contributed by atoms with Gasteiger partial charge >= 0.3 is 0 Å². The summed E-state index contributed by atoms with van der Waals surface area (Å²) in [6.45, 7) is 2.47. The van der Waals surface area contributed by atoms with Crippen LogP contribution in [0.25, 0.3) is 10.9 Å². The molecule has 0 amide bonds. The fourth-order valence-electron chi connectivity index (χ4n) is 3.97. The molecule has 142 valence electrons. The SMILES string of the molecule is CCC1c2[nH]c3ccccc3c2CCN1S(=O)(=O)c1cc(Br)ccc1OC. The third-order valence-corrected chi connectivity index (χ3v) is 7.63. The van der Waals surface area contributed by atoms with Crippen molar-refractivity contribution < 1.29 is 13.2 Å². The maximum atomic E-state index is 13.5. The van der Waals surface area contributed by atoms with E-state index in [1.54, 1.807) is 22.5 Å². The predicted octanol–water partition coefficient (Wildman–Crippen LogP) is 4.64. The molecule has 1 aliphatic rings. The van der Waals surface area contributed by atoms with Crippen molar-refractivity contribution in [1.29, 1.82) is 0 Å². The smallest absolute Gasteiger partial charge is 0.247 e. The highest BCUT2D eigenvalue weighted by atomic mass is 79.9. The molecule has 0 saturated heterocycles. The van der Waals surface area contributed by atoms with E-state index in [1.807, 2.05) is 25.1 Å². The quantitative estimate of drug-likeness (QED) is 0.632. The molecule has 2 heterocycles. The highest BCUT2D eigenvalue weighted by molar-refractivity contribution is 9.10. The number of rotatable bonds is 4. The molecule has 1 unspecified atom stereocenters. The van der Waals surface area contributed by atoms with Crippen molar-refractivity contribution in [1.82, 2.24) is 9.29 Å². The minimum Gasteiger partial charge on any atom is -0.495 e. The summed E-state index contributed by atoms with van der Waals surface area (Å²) < 4.78 is 34.7. The molecular weight excluding hydrogens is 428 g/mol. The Morgan fingerprint density at radius 3 is 2.78 bits per heavy atom. The van der Waals surface area contributed by atoms with Gasteiger partial charge in [0, 0.05) is 27.6 Å². The molecule has 0 fully saturated rings.